The topological polar surface area (TPSA) is 39.8 Å². The molecule has 0 aliphatic carbocycles. The molecule has 1 unspecified atom stereocenters. The van der Waals surface area contributed by atoms with E-state index in [1.54, 1.807) is 0 Å². The van der Waals surface area contributed by atoms with Crippen LogP contribution in [0, 0.1) is 0 Å². The van der Waals surface area contributed by atoms with Crippen LogP contribution in [0.25, 0.3) is 0 Å². The van der Waals surface area contributed by atoms with Crippen LogP contribution in [0.2, 0.25) is 0 Å². The maximum absolute atomic E-state index is 5.33. The third-order valence-electron chi connectivity index (χ3n) is 3.37. The molecule has 0 aromatic carbocycles. The molecular formula is C11H24N4O. The van der Waals surface area contributed by atoms with Gasteiger partial charge in [0.25, 0.3) is 0 Å². The van der Waals surface area contributed by atoms with Crippen molar-refractivity contribution in [3.8, 4) is 0 Å². The van der Waals surface area contributed by atoms with Crippen LogP contribution in [-0.2, 0) is 4.84 Å². The van der Waals surface area contributed by atoms with E-state index in [1.165, 1.54) is 0 Å². The molecule has 1 atom stereocenters. The van der Waals surface area contributed by atoms with Crippen LogP contribution in [-0.4, -0.2) is 61.0 Å². The van der Waals surface area contributed by atoms with E-state index < -0.39 is 0 Å². The first-order valence-corrected chi connectivity index (χ1v) is 6.15. The van der Waals surface area contributed by atoms with E-state index in [0.29, 0.717) is 5.54 Å². The average molecular weight is 228 g/mol. The van der Waals surface area contributed by atoms with Gasteiger partial charge in [-0.2, -0.15) is 5.48 Å². The summed E-state index contributed by atoms with van der Waals surface area (Å²) in [4.78, 5) is 10.3. The number of nitrogens with one attached hydrogen (secondary N) is 2. The highest BCUT2D eigenvalue weighted by Crippen LogP contribution is 2.15. The fraction of sp³-hybridized carbons (Fsp3) is 1.00. The zero-order valence-electron chi connectivity index (χ0n) is 10.6. The monoisotopic (exact) mass is 228 g/mol. The number of hydrogen-bond acceptors (Lipinski definition) is 5. The number of hydroxylamine groups is 1. The third kappa shape index (κ3) is 3.15. The first-order chi connectivity index (χ1) is 7.55. The predicted molar refractivity (Wildman–Crippen MR) is 63.8 cm³/mol. The Balaban J connectivity index is 1.72. The van der Waals surface area contributed by atoms with Crippen LogP contribution >= 0.6 is 0 Å². The van der Waals surface area contributed by atoms with E-state index in [4.69, 9.17) is 4.84 Å². The molecule has 94 valence electrons. The van der Waals surface area contributed by atoms with Gasteiger partial charge in [-0.3, -0.25) is 20.0 Å². The molecule has 0 amide bonds. The standard InChI is InChI=1S/C11H24N4O/c1-11(2,3)15-6-4-14(5-7-15)8-10-12-9-13-16-10/h10,12-13H,4-9H2,1-3H3. The van der Waals surface area contributed by atoms with E-state index in [9.17, 15) is 0 Å². The minimum Gasteiger partial charge on any atom is -0.297 e. The normalized spacial score (nSPS) is 29.8. The van der Waals surface area contributed by atoms with E-state index >= 15 is 0 Å². The van der Waals surface area contributed by atoms with E-state index in [0.717, 1.165) is 39.4 Å². The van der Waals surface area contributed by atoms with Gasteiger partial charge in [0.15, 0.2) is 0 Å². The van der Waals surface area contributed by atoms with Crippen molar-refractivity contribution in [2.24, 2.45) is 0 Å². The van der Waals surface area contributed by atoms with Gasteiger partial charge >= 0.3 is 0 Å². The summed E-state index contributed by atoms with van der Waals surface area (Å²) in [5.41, 5.74) is 3.15. The van der Waals surface area contributed by atoms with Gasteiger partial charge in [-0.1, -0.05) is 0 Å². The zero-order chi connectivity index (χ0) is 11.6. The van der Waals surface area contributed by atoms with Crippen LogP contribution in [0.1, 0.15) is 20.8 Å². The van der Waals surface area contributed by atoms with Crippen LogP contribution < -0.4 is 10.8 Å². The van der Waals surface area contributed by atoms with E-state index in [2.05, 4.69) is 41.4 Å². The first-order valence-electron chi connectivity index (χ1n) is 6.15. The van der Waals surface area contributed by atoms with Crippen molar-refractivity contribution in [3.63, 3.8) is 0 Å². The second-order valence-electron chi connectivity index (χ2n) is 5.59. The van der Waals surface area contributed by atoms with Gasteiger partial charge in [0.1, 0.15) is 6.23 Å². The van der Waals surface area contributed by atoms with Gasteiger partial charge in [0.05, 0.1) is 6.67 Å². The Hall–Kier alpha value is -0.200. The minimum atomic E-state index is 0.154. The summed E-state index contributed by atoms with van der Waals surface area (Å²) in [5, 5.41) is 3.26. The summed E-state index contributed by atoms with van der Waals surface area (Å²) < 4.78 is 0. The fourth-order valence-electron chi connectivity index (χ4n) is 2.28. The summed E-state index contributed by atoms with van der Waals surface area (Å²) >= 11 is 0. The molecule has 0 bridgehead atoms. The molecule has 2 fully saturated rings. The molecule has 16 heavy (non-hydrogen) atoms. The number of rotatable bonds is 2. The lowest BCUT2D eigenvalue weighted by atomic mass is 10.1. The summed E-state index contributed by atoms with van der Waals surface area (Å²) in [5.74, 6) is 0. The van der Waals surface area contributed by atoms with Crippen molar-refractivity contribution in [2.75, 3.05) is 39.4 Å². The molecule has 2 aliphatic heterocycles. The molecule has 0 aromatic heterocycles. The fourth-order valence-corrected chi connectivity index (χ4v) is 2.28. The SMILES string of the molecule is CC(C)(C)N1CCN(CC2NCNO2)CC1. The average Bonchev–Trinajstić information content (AvgIpc) is 2.70. The molecule has 5 nitrogen and oxygen atoms in total. The highest BCUT2D eigenvalue weighted by atomic mass is 16.7. The molecule has 2 rings (SSSR count). The van der Waals surface area contributed by atoms with Gasteiger partial charge in [0.2, 0.25) is 0 Å². The van der Waals surface area contributed by atoms with Crippen molar-refractivity contribution in [2.45, 2.75) is 32.5 Å². The Bertz CT molecular complexity index is 215. The Morgan fingerprint density at radius 1 is 1.19 bits per heavy atom. The molecule has 0 spiro atoms. The Morgan fingerprint density at radius 3 is 2.38 bits per heavy atom. The molecule has 2 aliphatic rings. The van der Waals surface area contributed by atoms with Gasteiger partial charge in [-0.05, 0) is 20.8 Å². The van der Waals surface area contributed by atoms with E-state index in [1.807, 2.05) is 0 Å². The highest BCUT2D eigenvalue weighted by Gasteiger charge is 2.27. The molecular weight excluding hydrogens is 204 g/mol. The van der Waals surface area contributed by atoms with Crippen molar-refractivity contribution in [1.82, 2.24) is 20.6 Å². The smallest absolute Gasteiger partial charge is 0.143 e. The summed E-state index contributed by atoms with van der Waals surface area (Å²) in [6.45, 7) is 13.2. The number of piperazine rings is 1. The Kier molecular flexibility index (Phi) is 3.81. The molecule has 0 saturated carbocycles. The lowest BCUT2D eigenvalue weighted by Crippen LogP contribution is -2.55. The number of nitrogens with zero attached hydrogens (tertiary/aromatic N) is 2. The maximum atomic E-state index is 5.33. The molecule has 5 heteroatoms. The second-order valence-corrected chi connectivity index (χ2v) is 5.59. The van der Waals surface area contributed by atoms with Crippen LogP contribution in [0.4, 0.5) is 0 Å². The van der Waals surface area contributed by atoms with Crippen molar-refractivity contribution in [1.29, 1.82) is 0 Å². The molecule has 2 heterocycles. The number of hydrogen-bond donors (Lipinski definition) is 2. The molecule has 2 N–H and O–H groups in total. The predicted octanol–water partition coefficient (Wildman–Crippen LogP) is -0.189. The largest absolute Gasteiger partial charge is 0.297 e. The van der Waals surface area contributed by atoms with Crippen LogP contribution in [0.3, 0.4) is 0 Å². The summed E-state index contributed by atoms with van der Waals surface area (Å²) in [7, 11) is 0. The van der Waals surface area contributed by atoms with Crippen molar-refractivity contribution in [3.05, 3.63) is 0 Å². The quantitative estimate of drug-likeness (QED) is 0.685. The zero-order valence-corrected chi connectivity index (χ0v) is 10.6. The van der Waals surface area contributed by atoms with Crippen molar-refractivity contribution < 1.29 is 4.84 Å². The molecule has 0 aromatic rings. The maximum Gasteiger partial charge on any atom is 0.143 e. The minimum absolute atomic E-state index is 0.154. The lowest BCUT2D eigenvalue weighted by Gasteiger charge is -2.42. The molecule has 0 radical (unpaired) electrons. The molecule has 2 saturated heterocycles. The van der Waals surface area contributed by atoms with E-state index in [-0.39, 0.29) is 6.23 Å². The van der Waals surface area contributed by atoms with Crippen molar-refractivity contribution >= 4 is 0 Å². The van der Waals surface area contributed by atoms with Gasteiger partial charge in [-0.15, -0.1) is 0 Å². The highest BCUT2D eigenvalue weighted by molar-refractivity contribution is 4.82. The van der Waals surface area contributed by atoms with Gasteiger partial charge in [0, 0.05) is 38.3 Å². The third-order valence-corrected chi connectivity index (χ3v) is 3.37. The Labute approximate surface area is 98.1 Å². The summed E-state index contributed by atoms with van der Waals surface area (Å²) in [6, 6.07) is 0. The Morgan fingerprint density at radius 2 is 1.88 bits per heavy atom. The van der Waals surface area contributed by atoms with Gasteiger partial charge < -0.3 is 0 Å². The van der Waals surface area contributed by atoms with Gasteiger partial charge in [-0.25, -0.2) is 0 Å². The van der Waals surface area contributed by atoms with Crippen LogP contribution in [0.15, 0.2) is 0 Å². The lowest BCUT2D eigenvalue weighted by molar-refractivity contribution is -0.0109. The first kappa shape index (κ1) is 12.3. The van der Waals surface area contributed by atoms with Crippen LogP contribution in [0.5, 0.6) is 0 Å². The summed E-state index contributed by atoms with van der Waals surface area (Å²) in [6.07, 6.45) is 0.154. The second kappa shape index (κ2) is 4.98.